The van der Waals surface area contributed by atoms with E-state index >= 15 is 0 Å². The fourth-order valence-electron chi connectivity index (χ4n) is 2.90. The van der Waals surface area contributed by atoms with E-state index in [4.69, 9.17) is 5.73 Å². The van der Waals surface area contributed by atoms with E-state index in [1.54, 1.807) is 6.07 Å². The van der Waals surface area contributed by atoms with Gasteiger partial charge in [-0.2, -0.15) is 0 Å². The van der Waals surface area contributed by atoms with Gasteiger partial charge in [0.05, 0.1) is 6.04 Å². The Labute approximate surface area is 113 Å². The van der Waals surface area contributed by atoms with Gasteiger partial charge in [-0.3, -0.25) is 4.90 Å². The molecule has 1 aliphatic heterocycles. The van der Waals surface area contributed by atoms with Crippen LogP contribution in [0.1, 0.15) is 45.2 Å². The Balaban J connectivity index is 2.39. The molecule has 0 aromatic heterocycles. The zero-order chi connectivity index (χ0) is 14.2. The summed E-state index contributed by atoms with van der Waals surface area (Å²) in [6, 6.07) is 4.02. The Hall–Kier alpha value is -1.00. The van der Waals surface area contributed by atoms with Crippen LogP contribution in [0.3, 0.4) is 0 Å². The van der Waals surface area contributed by atoms with Gasteiger partial charge in [0.15, 0.2) is 11.6 Å². The Kier molecular flexibility index (Phi) is 3.92. The summed E-state index contributed by atoms with van der Waals surface area (Å²) >= 11 is 0. The van der Waals surface area contributed by atoms with Crippen molar-refractivity contribution in [2.45, 2.75) is 51.2 Å². The summed E-state index contributed by atoms with van der Waals surface area (Å²) in [4.78, 5) is 2.29. The van der Waals surface area contributed by atoms with Gasteiger partial charge in [-0.05, 0) is 57.9 Å². The standard InChI is InChI=1S/C15H22F2N2/c1-15(2,3)19-8-4-5-13(18)14(19)10-6-7-11(16)12(17)9-10/h6-7,9,13-14H,4-5,8,18H2,1-3H3. The second kappa shape index (κ2) is 5.17. The summed E-state index contributed by atoms with van der Waals surface area (Å²) in [5.74, 6) is -1.61. The molecular formula is C15H22F2N2. The SMILES string of the molecule is CC(C)(C)N1CCCC(N)C1c1ccc(F)c(F)c1. The summed E-state index contributed by atoms with van der Waals surface area (Å²) < 4.78 is 26.5. The van der Waals surface area contributed by atoms with E-state index in [2.05, 4.69) is 25.7 Å². The third kappa shape index (κ3) is 2.95. The summed E-state index contributed by atoms with van der Waals surface area (Å²) in [7, 11) is 0. The number of likely N-dealkylation sites (tertiary alicyclic amines) is 1. The summed E-state index contributed by atoms with van der Waals surface area (Å²) in [6.45, 7) is 7.30. The zero-order valence-corrected chi connectivity index (χ0v) is 11.8. The lowest BCUT2D eigenvalue weighted by molar-refractivity contribution is 0.0382. The topological polar surface area (TPSA) is 29.3 Å². The highest BCUT2D eigenvalue weighted by Crippen LogP contribution is 2.35. The molecule has 0 amide bonds. The smallest absolute Gasteiger partial charge is 0.159 e. The van der Waals surface area contributed by atoms with Gasteiger partial charge < -0.3 is 5.73 Å². The Morgan fingerprint density at radius 2 is 1.89 bits per heavy atom. The first kappa shape index (κ1) is 14.4. The number of hydrogen-bond acceptors (Lipinski definition) is 2. The van der Waals surface area contributed by atoms with Crippen molar-refractivity contribution in [2.24, 2.45) is 5.73 Å². The maximum absolute atomic E-state index is 13.5. The maximum atomic E-state index is 13.5. The van der Waals surface area contributed by atoms with E-state index in [0.717, 1.165) is 24.9 Å². The molecule has 2 rings (SSSR count). The molecular weight excluding hydrogens is 246 g/mol. The molecule has 4 heteroatoms. The average molecular weight is 268 g/mol. The first-order chi connectivity index (χ1) is 8.80. The summed E-state index contributed by atoms with van der Waals surface area (Å²) in [6.07, 6.45) is 1.95. The van der Waals surface area contributed by atoms with Crippen LogP contribution in [0, 0.1) is 11.6 Å². The number of hydrogen-bond donors (Lipinski definition) is 1. The summed E-state index contributed by atoms with van der Waals surface area (Å²) in [5, 5.41) is 0. The predicted molar refractivity (Wildman–Crippen MR) is 72.8 cm³/mol. The molecule has 2 nitrogen and oxygen atoms in total. The van der Waals surface area contributed by atoms with Crippen LogP contribution in [-0.2, 0) is 0 Å². The fraction of sp³-hybridized carbons (Fsp3) is 0.600. The van der Waals surface area contributed by atoms with E-state index < -0.39 is 11.6 Å². The van der Waals surface area contributed by atoms with E-state index in [-0.39, 0.29) is 17.6 Å². The molecule has 2 N–H and O–H groups in total. The van der Waals surface area contributed by atoms with Crippen LogP contribution in [0.25, 0.3) is 0 Å². The molecule has 0 bridgehead atoms. The zero-order valence-electron chi connectivity index (χ0n) is 11.8. The molecule has 1 saturated heterocycles. The summed E-state index contributed by atoms with van der Waals surface area (Å²) in [5.41, 5.74) is 6.95. The largest absolute Gasteiger partial charge is 0.326 e. The monoisotopic (exact) mass is 268 g/mol. The highest BCUT2D eigenvalue weighted by Gasteiger charge is 2.36. The van der Waals surface area contributed by atoms with Crippen LogP contribution < -0.4 is 5.73 Å². The van der Waals surface area contributed by atoms with Crippen molar-refractivity contribution in [2.75, 3.05) is 6.54 Å². The molecule has 1 aromatic rings. The van der Waals surface area contributed by atoms with Crippen molar-refractivity contribution in [1.29, 1.82) is 0 Å². The van der Waals surface area contributed by atoms with Crippen LogP contribution >= 0.6 is 0 Å². The predicted octanol–water partition coefficient (Wildman–Crippen LogP) is 3.23. The minimum Gasteiger partial charge on any atom is -0.326 e. The maximum Gasteiger partial charge on any atom is 0.159 e. The van der Waals surface area contributed by atoms with Crippen LogP contribution in [0.2, 0.25) is 0 Å². The molecule has 0 spiro atoms. The van der Waals surface area contributed by atoms with Gasteiger partial charge in [0.25, 0.3) is 0 Å². The van der Waals surface area contributed by atoms with Gasteiger partial charge in [-0.1, -0.05) is 6.07 Å². The molecule has 0 radical (unpaired) electrons. The molecule has 0 saturated carbocycles. The lowest BCUT2D eigenvalue weighted by atomic mass is 9.87. The van der Waals surface area contributed by atoms with Gasteiger partial charge in [-0.25, -0.2) is 8.78 Å². The first-order valence-corrected chi connectivity index (χ1v) is 6.78. The Morgan fingerprint density at radius 1 is 1.21 bits per heavy atom. The number of nitrogens with two attached hydrogens (primary N) is 1. The van der Waals surface area contributed by atoms with Crippen molar-refractivity contribution in [1.82, 2.24) is 4.90 Å². The molecule has 0 aliphatic carbocycles. The number of nitrogens with zero attached hydrogens (tertiary/aromatic N) is 1. The van der Waals surface area contributed by atoms with Gasteiger partial charge in [-0.15, -0.1) is 0 Å². The highest BCUT2D eigenvalue weighted by molar-refractivity contribution is 5.24. The fourth-order valence-corrected chi connectivity index (χ4v) is 2.90. The third-order valence-electron chi connectivity index (χ3n) is 3.82. The molecule has 2 unspecified atom stereocenters. The van der Waals surface area contributed by atoms with Crippen molar-refractivity contribution >= 4 is 0 Å². The van der Waals surface area contributed by atoms with Crippen molar-refractivity contribution in [3.63, 3.8) is 0 Å². The molecule has 1 aromatic carbocycles. The first-order valence-electron chi connectivity index (χ1n) is 6.78. The number of benzene rings is 1. The highest BCUT2D eigenvalue weighted by atomic mass is 19.2. The van der Waals surface area contributed by atoms with Crippen LogP contribution in [0.15, 0.2) is 18.2 Å². The minimum atomic E-state index is -0.810. The second-order valence-electron chi connectivity index (χ2n) is 6.29. The van der Waals surface area contributed by atoms with Gasteiger partial charge in [0, 0.05) is 11.6 Å². The number of rotatable bonds is 1. The lowest BCUT2D eigenvalue weighted by Crippen LogP contribution is -2.53. The van der Waals surface area contributed by atoms with Crippen LogP contribution in [0.4, 0.5) is 8.78 Å². The minimum absolute atomic E-state index is 0.0437. The third-order valence-corrected chi connectivity index (χ3v) is 3.82. The molecule has 19 heavy (non-hydrogen) atoms. The molecule has 1 heterocycles. The molecule has 106 valence electrons. The van der Waals surface area contributed by atoms with E-state index in [0.29, 0.717) is 0 Å². The van der Waals surface area contributed by atoms with E-state index in [1.807, 2.05) is 0 Å². The average Bonchev–Trinajstić information content (AvgIpc) is 2.31. The number of halogens is 2. The normalized spacial score (nSPS) is 25.6. The van der Waals surface area contributed by atoms with Gasteiger partial charge >= 0.3 is 0 Å². The van der Waals surface area contributed by atoms with Crippen LogP contribution in [0.5, 0.6) is 0 Å². The van der Waals surface area contributed by atoms with E-state index in [1.165, 1.54) is 12.1 Å². The number of piperidine rings is 1. The lowest BCUT2D eigenvalue weighted by Gasteiger charge is -2.47. The molecule has 2 atom stereocenters. The molecule has 1 aliphatic rings. The van der Waals surface area contributed by atoms with Crippen LogP contribution in [-0.4, -0.2) is 23.0 Å². The Morgan fingerprint density at radius 3 is 2.47 bits per heavy atom. The van der Waals surface area contributed by atoms with E-state index in [9.17, 15) is 8.78 Å². The van der Waals surface area contributed by atoms with Gasteiger partial charge in [0.1, 0.15) is 0 Å². The Bertz CT molecular complexity index is 454. The van der Waals surface area contributed by atoms with Crippen molar-refractivity contribution in [3.8, 4) is 0 Å². The van der Waals surface area contributed by atoms with Crippen molar-refractivity contribution in [3.05, 3.63) is 35.4 Å². The van der Waals surface area contributed by atoms with Gasteiger partial charge in [0.2, 0.25) is 0 Å². The molecule has 1 fully saturated rings. The quantitative estimate of drug-likeness (QED) is 0.847. The van der Waals surface area contributed by atoms with Crippen molar-refractivity contribution < 1.29 is 8.78 Å². The second-order valence-corrected chi connectivity index (χ2v) is 6.29.